The van der Waals surface area contributed by atoms with Crippen LogP contribution in [0.3, 0.4) is 0 Å². The van der Waals surface area contributed by atoms with Crippen molar-refractivity contribution in [1.82, 2.24) is 4.98 Å². The fraction of sp³-hybridized carbons (Fsp3) is 0.292. The molecular weight excluding hydrogens is 410 g/mol. The molecule has 0 fully saturated rings. The van der Waals surface area contributed by atoms with Crippen molar-refractivity contribution < 1.29 is 14.3 Å². The summed E-state index contributed by atoms with van der Waals surface area (Å²) in [6, 6.07) is 17.5. The summed E-state index contributed by atoms with van der Waals surface area (Å²) >= 11 is 1.40. The Bertz CT molecular complexity index is 1020. The molecule has 2 aromatic carbocycles. The zero-order chi connectivity index (χ0) is 22.2. The molecule has 3 aromatic rings. The summed E-state index contributed by atoms with van der Waals surface area (Å²) in [5.41, 5.74) is 3.23. The Kier molecular flexibility index (Phi) is 7.78. The number of carbonyl (C=O) groups excluding carboxylic acids is 2. The van der Waals surface area contributed by atoms with Gasteiger partial charge < -0.3 is 4.74 Å². The minimum Gasteiger partial charge on any atom is -0.450 e. The molecule has 3 rings (SSSR count). The molecule has 1 aromatic heterocycles. The number of thiazole rings is 1. The predicted octanol–water partition coefficient (Wildman–Crippen LogP) is 5.61. The highest BCUT2D eigenvalue weighted by Crippen LogP contribution is 2.32. The minimum absolute atomic E-state index is 0.0465. The standard InChI is InChI=1S/C24H27N3O3S/c1-4-18(15-17-11-7-6-8-12-17)22(28)27(3)23-25-21(16-31-23)19-13-9-10-14-20(19)26-24(29)30-5-2/h6-14,16,18H,4-5,15H2,1-3H3,(H,26,29)/t18-/m1/s1. The predicted molar refractivity (Wildman–Crippen MR) is 126 cm³/mol. The van der Waals surface area contributed by atoms with E-state index in [9.17, 15) is 9.59 Å². The minimum atomic E-state index is -0.510. The largest absolute Gasteiger partial charge is 0.450 e. The highest BCUT2D eigenvalue weighted by molar-refractivity contribution is 7.14. The van der Waals surface area contributed by atoms with E-state index >= 15 is 0 Å². The fourth-order valence-electron chi connectivity index (χ4n) is 3.31. The number of aromatic nitrogens is 1. The molecule has 0 unspecified atom stereocenters. The van der Waals surface area contributed by atoms with Crippen LogP contribution in [-0.4, -0.2) is 30.6 Å². The van der Waals surface area contributed by atoms with Gasteiger partial charge in [0.05, 0.1) is 18.0 Å². The van der Waals surface area contributed by atoms with Crippen LogP contribution in [-0.2, 0) is 16.0 Å². The van der Waals surface area contributed by atoms with E-state index in [0.717, 1.165) is 17.5 Å². The Balaban J connectivity index is 1.77. The number of amides is 2. The topological polar surface area (TPSA) is 71.5 Å². The number of ether oxygens (including phenoxy) is 1. The van der Waals surface area contributed by atoms with Crippen LogP contribution in [0.2, 0.25) is 0 Å². The quantitative estimate of drug-likeness (QED) is 0.497. The van der Waals surface area contributed by atoms with Gasteiger partial charge in [0.1, 0.15) is 0 Å². The van der Waals surface area contributed by atoms with Crippen LogP contribution in [0.15, 0.2) is 60.0 Å². The van der Waals surface area contributed by atoms with E-state index in [1.165, 1.54) is 11.3 Å². The van der Waals surface area contributed by atoms with Crippen molar-refractivity contribution in [1.29, 1.82) is 0 Å². The molecule has 2 amide bonds. The van der Waals surface area contributed by atoms with Gasteiger partial charge in [0.2, 0.25) is 5.91 Å². The first kappa shape index (κ1) is 22.5. The van der Waals surface area contributed by atoms with Gasteiger partial charge in [-0.15, -0.1) is 11.3 Å². The maximum Gasteiger partial charge on any atom is 0.411 e. The van der Waals surface area contributed by atoms with Crippen molar-refractivity contribution in [3.05, 3.63) is 65.5 Å². The number of nitrogens with one attached hydrogen (secondary N) is 1. The van der Waals surface area contributed by atoms with E-state index in [4.69, 9.17) is 4.74 Å². The first-order chi connectivity index (χ1) is 15.0. The van der Waals surface area contributed by atoms with Crippen LogP contribution in [0.4, 0.5) is 15.6 Å². The van der Waals surface area contributed by atoms with Crippen molar-refractivity contribution in [2.75, 3.05) is 23.9 Å². The summed E-state index contributed by atoms with van der Waals surface area (Å²) < 4.78 is 4.98. The summed E-state index contributed by atoms with van der Waals surface area (Å²) in [6.45, 7) is 4.08. The van der Waals surface area contributed by atoms with Gasteiger partial charge in [0, 0.05) is 23.9 Å². The first-order valence-corrected chi connectivity index (χ1v) is 11.2. The van der Waals surface area contributed by atoms with Gasteiger partial charge in [0.15, 0.2) is 5.13 Å². The van der Waals surface area contributed by atoms with Crippen LogP contribution < -0.4 is 10.2 Å². The molecule has 0 saturated carbocycles. The highest BCUT2D eigenvalue weighted by Gasteiger charge is 2.24. The second kappa shape index (κ2) is 10.7. The van der Waals surface area contributed by atoms with Crippen molar-refractivity contribution in [3.63, 3.8) is 0 Å². The normalized spacial score (nSPS) is 11.6. The highest BCUT2D eigenvalue weighted by atomic mass is 32.1. The van der Waals surface area contributed by atoms with Crippen LogP contribution in [0.25, 0.3) is 11.3 Å². The number of benzene rings is 2. The molecule has 1 atom stereocenters. The van der Waals surface area contributed by atoms with Crippen LogP contribution in [0, 0.1) is 5.92 Å². The Labute approximate surface area is 186 Å². The molecular formula is C24H27N3O3S. The third-order valence-electron chi connectivity index (χ3n) is 4.99. The van der Waals surface area contributed by atoms with Crippen molar-refractivity contribution in [2.45, 2.75) is 26.7 Å². The van der Waals surface area contributed by atoms with Gasteiger partial charge in [-0.05, 0) is 31.4 Å². The Morgan fingerprint density at radius 3 is 2.52 bits per heavy atom. The SMILES string of the molecule is CCOC(=O)Nc1ccccc1-c1csc(N(C)C(=O)[C@H](CC)Cc2ccccc2)n1. The molecule has 1 heterocycles. The number of carbonyl (C=O) groups is 2. The number of rotatable bonds is 8. The molecule has 0 radical (unpaired) electrons. The smallest absolute Gasteiger partial charge is 0.411 e. The zero-order valence-electron chi connectivity index (χ0n) is 18.0. The van der Waals surface area contributed by atoms with Crippen LogP contribution in [0.1, 0.15) is 25.8 Å². The monoisotopic (exact) mass is 437 g/mol. The van der Waals surface area contributed by atoms with Crippen LogP contribution in [0.5, 0.6) is 0 Å². The van der Waals surface area contributed by atoms with E-state index in [1.54, 1.807) is 24.9 Å². The lowest BCUT2D eigenvalue weighted by Crippen LogP contribution is -2.33. The lowest BCUT2D eigenvalue weighted by molar-refractivity contribution is -0.122. The summed E-state index contributed by atoms with van der Waals surface area (Å²) in [6.07, 6.45) is 0.942. The molecule has 7 heteroatoms. The Morgan fingerprint density at radius 2 is 1.81 bits per heavy atom. The number of hydrogen-bond acceptors (Lipinski definition) is 5. The molecule has 162 valence electrons. The summed E-state index contributed by atoms with van der Waals surface area (Å²) in [7, 11) is 1.77. The van der Waals surface area contributed by atoms with E-state index in [-0.39, 0.29) is 11.8 Å². The summed E-state index contributed by atoms with van der Waals surface area (Å²) in [4.78, 5) is 31.3. The van der Waals surface area contributed by atoms with Gasteiger partial charge in [-0.1, -0.05) is 55.5 Å². The van der Waals surface area contributed by atoms with Gasteiger partial charge in [-0.3, -0.25) is 15.0 Å². The van der Waals surface area contributed by atoms with Gasteiger partial charge in [-0.25, -0.2) is 9.78 Å². The summed E-state index contributed by atoms with van der Waals surface area (Å²) in [5.74, 6) is -0.0669. The van der Waals surface area contributed by atoms with Gasteiger partial charge >= 0.3 is 6.09 Å². The molecule has 1 N–H and O–H groups in total. The molecule has 6 nitrogen and oxygen atoms in total. The maximum atomic E-state index is 13.1. The molecule has 0 saturated heterocycles. The van der Waals surface area contributed by atoms with Gasteiger partial charge in [0.25, 0.3) is 0 Å². The van der Waals surface area contributed by atoms with E-state index in [1.807, 2.05) is 60.8 Å². The Hall–Kier alpha value is -3.19. The lowest BCUT2D eigenvalue weighted by Gasteiger charge is -2.21. The molecule has 0 aliphatic carbocycles. The van der Waals surface area contributed by atoms with Crippen molar-refractivity contribution in [3.8, 4) is 11.3 Å². The molecule has 0 bridgehead atoms. The Morgan fingerprint density at radius 1 is 1.10 bits per heavy atom. The third kappa shape index (κ3) is 5.70. The lowest BCUT2D eigenvalue weighted by atomic mass is 9.96. The van der Waals surface area contributed by atoms with E-state index in [0.29, 0.717) is 29.5 Å². The first-order valence-electron chi connectivity index (χ1n) is 10.3. The zero-order valence-corrected chi connectivity index (χ0v) is 18.8. The molecule has 0 aliphatic heterocycles. The van der Waals surface area contributed by atoms with E-state index in [2.05, 4.69) is 10.3 Å². The van der Waals surface area contributed by atoms with Crippen molar-refractivity contribution in [2.24, 2.45) is 5.92 Å². The fourth-order valence-corrected chi connectivity index (χ4v) is 4.10. The number of para-hydroxylation sites is 1. The molecule has 0 aliphatic rings. The second-order valence-electron chi connectivity index (χ2n) is 7.10. The number of nitrogens with zero attached hydrogens (tertiary/aromatic N) is 2. The maximum absolute atomic E-state index is 13.1. The number of hydrogen-bond donors (Lipinski definition) is 1. The average molecular weight is 438 g/mol. The molecule has 0 spiro atoms. The van der Waals surface area contributed by atoms with Crippen molar-refractivity contribution >= 4 is 34.2 Å². The third-order valence-corrected chi connectivity index (χ3v) is 5.91. The summed E-state index contributed by atoms with van der Waals surface area (Å²) in [5, 5.41) is 5.26. The average Bonchev–Trinajstić information content (AvgIpc) is 3.28. The number of anilines is 2. The van der Waals surface area contributed by atoms with Crippen LogP contribution >= 0.6 is 11.3 Å². The van der Waals surface area contributed by atoms with E-state index < -0.39 is 6.09 Å². The van der Waals surface area contributed by atoms with Gasteiger partial charge in [-0.2, -0.15) is 0 Å². The molecule has 31 heavy (non-hydrogen) atoms. The second-order valence-corrected chi connectivity index (χ2v) is 7.94.